The average molecular weight is 421 g/mol. The molecule has 0 aliphatic rings. The molecule has 0 fully saturated rings. The molecule has 0 saturated heterocycles. The molecule has 0 aliphatic carbocycles. The second-order valence-electron chi connectivity index (χ2n) is 6.06. The molecule has 0 spiro atoms. The summed E-state index contributed by atoms with van der Waals surface area (Å²) in [6.07, 6.45) is 3.51. The second-order valence-corrected chi connectivity index (χ2v) is 6.06. The van der Waals surface area contributed by atoms with Crippen molar-refractivity contribution < 1.29 is 0 Å². The molecule has 0 radical (unpaired) electrons. The monoisotopic (exact) mass is 420 g/mol. The Hall–Kier alpha value is -3.03. The number of halogens is 2. The first-order chi connectivity index (χ1) is 12.4. The Labute approximate surface area is 174 Å². The van der Waals surface area contributed by atoms with Crippen LogP contribution in [0, 0.1) is 10.8 Å². The molecule has 148 valence electrons. The maximum absolute atomic E-state index is 12.5. The number of nitrogens with two attached hydrogens (primary N) is 2. The lowest BCUT2D eigenvalue weighted by atomic mass is 10.1. The lowest BCUT2D eigenvalue weighted by Crippen LogP contribution is -2.25. The maximum atomic E-state index is 12.5. The molecule has 3 aromatic rings. The fourth-order valence-corrected chi connectivity index (χ4v) is 2.67. The highest BCUT2D eigenvalue weighted by molar-refractivity contribution is 5.95. The smallest absolute Gasteiger partial charge is 0.328 e. The third-order valence-electron chi connectivity index (χ3n) is 4.15. The van der Waals surface area contributed by atoms with E-state index in [2.05, 4.69) is 0 Å². The fraction of sp³-hybridized carbons (Fsp3) is 0.105. The summed E-state index contributed by atoms with van der Waals surface area (Å²) in [5.74, 6) is 0.0475. The third-order valence-corrected chi connectivity index (χ3v) is 4.15. The minimum absolute atomic E-state index is 0. The number of nitrogens with zero attached hydrogens (tertiary/aromatic N) is 2. The van der Waals surface area contributed by atoms with Crippen molar-refractivity contribution in [2.24, 2.45) is 11.5 Å². The van der Waals surface area contributed by atoms with E-state index in [0.717, 1.165) is 11.1 Å². The van der Waals surface area contributed by atoms with Gasteiger partial charge in [0.25, 0.3) is 0 Å². The van der Waals surface area contributed by atoms with Gasteiger partial charge in [0.05, 0.1) is 13.1 Å². The van der Waals surface area contributed by atoms with Crippen LogP contribution in [-0.2, 0) is 13.1 Å². The van der Waals surface area contributed by atoms with Crippen molar-refractivity contribution in [2.75, 3.05) is 0 Å². The van der Waals surface area contributed by atoms with Crippen LogP contribution in [0.25, 0.3) is 0 Å². The van der Waals surface area contributed by atoms with E-state index >= 15 is 0 Å². The molecule has 7 nitrogen and oxygen atoms in total. The van der Waals surface area contributed by atoms with Gasteiger partial charge in [-0.05, 0) is 11.1 Å². The van der Waals surface area contributed by atoms with E-state index in [1.165, 1.54) is 0 Å². The van der Waals surface area contributed by atoms with E-state index in [-0.39, 0.29) is 42.2 Å². The van der Waals surface area contributed by atoms with Crippen molar-refractivity contribution in [3.63, 3.8) is 0 Å². The lowest BCUT2D eigenvalue weighted by Gasteiger charge is -2.05. The normalized spacial score (nSPS) is 9.86. The van der Waals surface area contributed by atoms with Gasteiger partial charge in [0.1, 0.15) is 11.7 Å². The lowest BCUT2D eigenvalue weighted by molar-refractivity contribution is 0.684. The number of aromatic nitrogens is 2. The van der Waals surface area contributed by atoms with Gasteiger partial charge in [-0.1, -0.05) is 48.5 Å². The molecule has 0 aliphatic heterocycles. The number of imidazole rings is 1. The predicted molar refractivity (Wildman–Crippen MR) is 116 cm³/mol. The summed E-state index contributed by atoms with van der Waals surface area (Å²) in [6.45, 7) is 0.903. The Balaban J connectivity index is 0.00000196. The van der Waals surface area contributed by atoms with Gasteiger partial charge in [-0.25, -0.2) is 4.79 Å². The molecule has 0 amide bonds. The van der Waals surface area contributed by atoms with Crippen LogP contribution in [0.15, 0.2) is 65.7 Å². The van der Waals surface area contributed by atoms with Crippen LogP contribution in [-0.4, -0.2) is 20.8 Å². The van der Waals surface area contributed by atoms with Gasteiger partial charge in [-0.15, -0.1) is 24.8 Å². The molecule has 0 atom stereocenters. The van der Waals surface area contributed by atoms with Gasteiger partial charge in [0.2, 0.25) is 0 Å². The number of rotatable bonds is 6. The Bertz CT molecular complexity index is 926. The number of hydrogen-bond donors (Lipinski definition) is 4. The van der Waals surface area contributed by atoms with E-state index < -0.39 is 0 Å². The predicted octanol–water partition coefficient (Wildman–Crippen LogP) is 2.16. The van der Waals surface area contributed by atoms with Gasteiger partial charge in [-0.3, -0.25) is 20.0 Å². The standard InChI is InChI=1S/C19H20N6O.2ClH/c20-17(21)15-5-1-13(2-6-15)11-24-9-10-25(19(24)26)12-14-3-7-16(8-4-14)18(22)23;;/h1-10H,11-12H2,(H3,20,21)(H3,22,23);2*1H. The number of nitrogen functional groups attached to an aromatic ring is 2. The number of hydrogen-bond acceptors (Lipinski definition) is 3. The number of nitrogens with one attached hydrogen (secondary N) is 2. The maximum Gasteiger partial charge on any atom is 0.328 e. The molecule has 28 heavy (non-hydrogen) atoms. The molecule has 1 heterocycles. The van der Waals surface area contributed by atoms with Crippen molar-refractivity contribution in [1.29, 1.82) is 10.8 Å². The second kappa shape index (κ2) is 9.77. The van der Waals surface area contributed by atoms with Gasteiger partial charge in [-0.2, -0.15) is 0 Å². The molecular weight excluding hydrogens is 399 g/mol. The van der Waals surface area contributed by atoms with Gasteiger partial charge in [0.15, 0.2) is 0 Å². The molecular formula is C19H22Cl2N6O. The average Bonchev–Trinajstić information content (AvgIpc) is 2.96. The molecule has 9 heteroatoms. The summed E-state index contributed by atoms with van der Waals surface area (Å²) in [4.78, 5) is 12.5. The molecule has 0 saturated carbocycles. The van der Waals surface area contributed by atoms with Crippen molar-refractivity contribution >= 4 is 36.5 Å². The van der Waals surface area contributed by atoms with Crippen LogP contribution in [0.3, 0.4) is 0 Å². The summed E-state index contributed by atoms with van der Waals surface area (Å²) >= 11 is 0. The van der Waals surface area contributed by atoms with Gasteiger partial charge in [0, 0.05) is 23.5 Å². The van der Waals surface area contributed by atoms with E-state index in [1.54, 1.807) is 45.8 Å². The van der Waals surface area contributed by atoms with Gasteiger partial charge < -0.3 is 11.5 Å². The van der Waals surface area contributed by atoms with E-state index in [0.29, 0.717) is 24.2 Å². The zero-order chi connectivity index (χ0) is 18.7. The summed E-state index contributed by atoms with van der Waals surface area (Å²) in [5.41, 5.74) is 14.0. The van der Waals surface area contributed by atoms with Crippen LogP contribution >= 0.6 is 24.8 Å². The zero-order valence-corrected chi connectivity index (χ0v) is 16.6. The van der Waals surface area contributed by atoms with Crippen LogP contribution in [0.5, 0.6) is 0 Å². The van der Waals surface area contributed by atoms with Crippen LogP contribution < -0.4 is 17.2 Å². The quantitative estimate of drug-likeness (QED) is 0.360. The Morgan fingerprint density at radius 3 is 1.32 bits per heavy atom. The molecule has 0 bridgehead atoms. The first kappa shape index (κ1) is 23.0. The molecule has 0 unspecified atom stereocenters. The SMILES string of the molecule is Cl.Cl.N=C(N)c1ccc(Cn2ccn(Cc3ccc(C(=N)N)cc3)c2=O)cc1. The minimum Gasteiger partial charge on any atom is -0.384 e. The first-order valence-electron chi connectivity index (χ1n) is 8.06. The van der Waals surface area contributed by atoms with Crippen LogP contribution in [0.2, 0.25) is 0 Å². The van der Waals surface area contributed by atoms with Crippen molar-refractivity contribution in [2.45, 2.75) is 13.1 Å². The highest BCUT2D eigenvalue weighted by Gasteiger charge is 2.06. The highest BCUT2D eigenvalue weighted by Crippen LogP contribution is 2.07. The zero-order valence-electron chi connectivity index (χ0n) is 15.0. The Morgan fingerprint density at radius 1 is 0.714 bits per heavy atom. The fourth-order valence-electron chi connectivity index (χ4n) is 2.67. The Kier molecular flexibility index (Phi) is 8.03. The number of benzene rings is 2. The highest BCUT2D eigenvalue weighted by atomic mass is 35.5. The molecule has 3 rings (SSSR count). The van der Waals surface area contributed by atoms with E-state index in [1.807, 2.05) is 24.3 Å². The van der Waals surface area contributed by atoms with Crippen molar-refractivity contribution in [3.05, 3.63) is 93.7 Å². The van der Waals surface area contributed by atoms with Crippen molar-refractivity contribution in [3.8, 4) is 0 Å². The summed E-state index contributed by atoms with van der Waals surface area (Å²) in [7, 11) is 0. The topological polar surface area (TPSA) is 127 Å². The Morgan fingerprint density at radius 2 is 1.04 bits per heavy atom. The van der Waals surface area contributed by atoms with Crippen molar-refractivity contribution in [1.82, 2.24) is 9.13 Å². The summed E-state index contributed by atoms with van der Waals surface area (Å²) in [5, 5.41) is 14.8. The number of amidine groups is 2. The summed E-state index contributed by atoms with van der Waals surface area (Å²) < 4.78 is 3.26. The third kappa shape index (κ3) is 5.25. The van der Waals surface area contributed by atoms with E-state index in [4.69, 9.17) is 22.3 Å². The first-order valence-corrected chi connectivity index (χ1v) is 8.06. The molecule has 2 aromatic carbocycles. The largest absolute Gasteiger partial charge is 0.384 e. The van der Waals surface area contributed by atoms with E-state index in [9.17, 15) is 4.79 Å². The minimum atomic E-state index is -0.101. The van der Waals surface area contributed by atoms with Crippen LogP contribution in [0.4, 0.5) is 0 Å². The molecule has 6 N–H and O–H groups in total. The van der Waals surface area contributed by atoms with Gasteiger partial charge >= 0.3 is 5.69 Å². The van der Waals surface area contributed by atoms with Crippen LogP contribution in [0.1, 0.15) is 22.3 Å². The summed E-state index contributed by atoms with van der Waals surface area (Å²) in [6, 6.07) is 14.5. The molecule has 1 aromatic heterocycles.